The molecule has 0 aromatic carbocycles. The highest BCUT2D eigenvalue weighted by atomic mass is 16.5. The summed E-state index contributed by atoms with van der Waals surface area (Å²) in [5, 5.41) is 3.15. The van der Waals surface area contributed by atoms with Gasteiger partial charge in [0.15, 0.2) is 0 Å². The average Bonchev–Trinajstić information content (AvgIpc) is 3.15. The Morgan fingerprint density at radius 2 is 1.96 bits per heavy atom. The van der Waals surface area contributed by atoms with Gasteiger partial charge in [-0.15, -0.1) is 0 Å². The number of ether oxygens (including phenoxy) is 1. The molecule has 2 saturated heterocycles. The molecule has 2 heterocycles. The molecule has 0 aliphatic carbocycles. The van der Waals surface area contributed by atoms with Gasteiger partial charge >= 0.3 is 6.03 Å². The molecule has 5 nitrogen and oxygen atoms in total. The topological polar surface area (TPSA) is 44.8 Å². The number of nitrogens with zero attached hydrogens (tertiary/aromatic N) is 2. The van der Waals surface area contributed by atoms with Crippen molar-refractivity contribution in [2.45, 2.75) is 59.6 Å². The molecule has 2 amide bonds. The van der Waals surface area contributed by atoms with Gasteiger partial charge in [0.2, 0.25) is 0 Å². The van der Waals surface area contributed by atoms with Crippen molar-refractivity contribution in [1.82, 2.24) is 15.1 Å². The van der Waals surface area contributed by atoms with Crippen LogP contribution in [0.2, 0.25) is 0 Å². The quantitative estimate of drug-likeness (QED) is 0.845. The summed E-state index contributed by atoms with van der Waals surface area (Å²) >= 11 is 0. The molecule has 0 radical (unpaired) electrons. The van der Waals surface area contributed by atoms with Crippen LogP contribution in [0.4, 0.5) is 4.79 Å². The van der Waals surface area contributed by atoms with E-state index in [2.05, 4.69) is 44.8 Å². The number of carbonyl (C=O) groups is 1. The van der Waals surface area contributed by atoms with E-state index in [0.29, 0.717) is 12.0 Å². The van der Waals surface area contributed by atoms with Crippen LogP contribution in [-0.2, 0) is 4.74 Å². The summed E-state index contributed by atoms with van der Waals surface area (Å²) < 4.78 is 5.89. The van der Waals surface area contributed by atoms with Crippen LogP contribution in [-0.4, -0.2) is 67.3 Å². The number of likely N-dealkylation sites (tertiary alicyclic amines) is 1. The standard InChI is InChI=1S/C18H35N3O2/c1-6-20(7-2)15-8-10-21(13-15)17(22)19-12-14-9-11-23-16(14)18(3,4)5/h14-16H,6-13H2,1-5H3,(H,19,22)/t14-,15-,16+/m1/s1. The van der Waals surface area contributed by atoms with E-state index in [1.807, 2.05) is 4.90 Å². The molecule has 1 N–H and O–H groups in total. The third kappa shape index (κ3) is 4.60. The van der Waals surface area contributed by atoms with Crippen LogP contribution in [0.25, 0.3) is 0 Å². The molecule has 3 atom stereocenters. The molecule has 0 bridgehead atoms. The lowest BCUT2D eigenvalue weighted by Gasteiger charge is -2.31. The van der Waals surface area contributed by atoms with Gasteiger partial charge in [-0.25, -0.2) is 4.79 Å². The second-order valence-electron chi connectivity index (χ2n) is 8.00. The summed E-state index contributed by atoms with van der Waals surface area (Å²) in [6.45, 7) is 16.4. The normalized spacial score (nSPS) is 28.6. The largest absolute Gasteiger partial charge is 0.377 e. The molecule has 0 saturated carbocycles. The van der Waals surface area contributed by atoms with Crippen molar-refractivity contribution in [1.29, 1.82) is 0 Å². The average molecular weight is 325 g/mol. The molecule has 134 valence electrons. The Morgan fingerprint density at radius 3 is 2.57 bits per heavy atom. The predicted octanol–water partition coefficient (Wildman–Crippen LogP) is 2.56. The minimum Gasteiger partial charge on any atom is -0.377 e. The van der Waals surface area contributed by atoms with Gasteiger partial charge in [-0.05, 0) is 31.3 Å². The van der Waals surface area contributed by atoms with Gasteiger partial charge in [0, 0.05) is 38.2 Å². The van der Waals surface area contributed by atoms with E-state index >= 15 is 0 Å². The third-order valence-corrected chi connectivity index (χ3v) is 5.36. The van der Waals surface area contributed by atoms with Gasteiger partial charge < -0.3 is 15.0 Å². The van der Waals surface area contributed by atoms with Gasteiger partial charge in [0.1, 0.15) is 0 Å². The molecular formula is C18H35N3O2. The van der Waals surface area contributed by atoms with Crippen LogP contribution >= 0.6 is 0 Å². The molecule has 0 unspecified atom stereocenters. The van der Waals surface area contributed by atoms with Crippen LogP contribution in [0.1, 0.15) is 47.5 Å². The van der Waals surface area contributed by atoms with Crippen LogP contribution < -0.4 is 5.32 Å². The highest BCUT2D eigenvalue weighted by Gasteiger charge is 2.37. The summed E-state index contributed by atoms with van der Waals surface area (Å²) in [5.74, 6) is 0.431. The number of rotatable bonds is 5. The minimum absolute atomic E-state index is 0.0965. The molecule has 0 spiro atoms. The third-order valence-electron chi connectivity index (χ3n) is 5.36. The van der Waals surface area contributed by atoms with Crippen LogP contribution in [0.5, 0.6) is 0 Å². The number of nitrogens with one attached hydrogen (secondary N) is 1. The first-order valence-corrected chi connectivity index (χ1v) is 9.25. The van der Waals surface area contributed by atoms with Crippen molar-refractivity contribution in [2.75, 3.05) is 39.3 Å². The number of hydrogen-bond donors (Lipinski definition) is 1. The first-order chi connectivity index (χ1) is 10.9. The summed E-state index contributed by atoms with van der Waals surface area (Å²) in [5.41, 5.74) is 0.132. The Kier molecular flexibility index (Phi) is 6.32. The van der Waals surface area contributed by atoms with Crippen molar-refractivity contribution in [3.05, 3.63) is 0 Å². The molecular weight excluding hydrogens is 290 g/mol. The zero-order valence-corrected chi connectivity index (χ0v) is 15.6. The van der Waals surface area contributed by atoms with Gasteiger partial charge in [0.25, 0.3) is 0 Å². The molecule has 0 aromatic heterocycles. The van der Waals surface area contributed by atoms with Crippen LogP contribution in [0, 0.1) is 11.3 Å². The Hall–Kier alpha value is -0.810. The summed E-state index contributed by atoms with van der Waals surface area (Å²) in [7, 11) is 0. The van der Waals surface area contributed by atoms with E-state index in [9.17, 15) is 4.79 Å². The fourth-order valence-electron chi connectivity index (χ4n) is 4.09. The maximum absolute atomic E-state index is 12.5. The molecule has 2 aliphatic heterocycles. The van der Waals surface area contributed by atoms with E-state index in [1.54, 1.807) is 0 Å². The van der Waals surface area contributed by atoms with Crippen molar-refractivity contribution in [2.24, 2.45) is 11.3 Å². The zero-order valence-electron chi connectivity index (χ0n) is 15.6. The van der Waals surface area contributed by atoms with Crippen molar-refractivity contribution < 1.29 is 9.53 Å². The van der Waals surface area contributed by atoms with E-state index in [0.717, 1.165) is 52.2 Å². The molecule has 2 rings (SSSR count). The lowest BCUT2D eigenvalue weighted by atomic mass is 9.81. The molecule has 5 heteroatoms. The maximum Gasteiger partial charge on any atom is 0.317 e. The predicted molar refractivity (Wildman–Crippen MR) is 93.6 cm³/mol. The van der Waals surface area contributed by atoms with Crippen LogP contribution in [0.3, 0.4) is 0 Å². The Labute approximate surface area is 141 Å². The second-order valence-corrected chi connectivity index (χ2v) is 8.00. The monoisotopic (exact) mass is 325 g/mol. The van der Waals surface area contributed by atoms with Gasteiger partial charge in [0.05, 0.1) is 6.10 Å². The number of carbonyl (C=O) groups excluding carboxylic acids is 1. The fraction of sp³-hybridized carbons (Fsp3) is 0.944. The van der Waals surface area contributed by atoms with E-state index in [4.69, 9.17) is 4.74 Å². The number of hydrogen-bond acceptors (Lipinski definition) is 3. The van der Waals surface area contributed by atoms with Crippen molar-refractivity contribution in [3.8, 4) is 0 Å². The number of amides is 2. The van der Waals surface area contributed by atoms with Gasteiger partial charge in [-0.3, -0.25) is 4.90 Å². The second kappa shape index (κ2) is 7.84. The molecule has 2 fully saturated rings. The first kappa shape index (κ1) is 18.5. The zero-order chi connectivity index (χ0) is 17.0. The smallest absolute Gasteiger partial charge is 0.317 e. The lowest BCUT2D eigenvalue weighted by Crippen LogP contribution is -2.45. The van der Waals surface area contributed by atoms with Crippen LogP contribution in [0.15, 0.2) is 0 Å². The summed E-state index contributed by atoms with van der Waals surface area (Å²) in [6.07, 6.45) is 2.38. The highest BCUT2D eigenvalue weighted by Crippen LogP contribution is 2.34. The fourth-order valence-corrected chi connectivity index (χ4v) is 4.09. The summed E-state index contributed by atoms with van der Waals surface area (Å²) in [4.78, 5) is 16.9. The van der Waals surface area contributed by atoms with E-state index < -0.39 is 0 Å². The van der Waals surface area contributed by atoms with Gasteiger partial charge in [-0.2, -0.15) is 0 Å². The van der Waals surface area contributed by atoms with Crippen molar-refractivity contribution in [3.63, 3.8) is 0 Å². The van der Waals surface area contributed by atoms with E-state index in [1.165, 1.54) is 0 Å². The minimum atomic E-state index is 0.0965. The number of urea groups is 1. The maximum atomic E-state index is 12.5. The molecule has 0 aromatic rings. The highest BCUT2D eigenvalue weighted by molar-refractivity contribution is 5.74. The molecule has 23 heavy (non-hydrogen) atoms. The summed E-state index contributed by atoms with van der Waals surface area (Å²) in [6, 6.07) is 0.618. The first-order valence-electron chi connectivity index (χ1n) is 9.25. The lowest BCUT2D eigenvalue weighted by molar-refractivity contribution is 0.00757. The van der Waals surface area contributed by atoms with Gasteiger partial charge in [-0.1, -0.05) is 34.6 Å². The van der Waals surface area contributed by atoms with E-state index in [-0.39, 0.29) is 17.6 Å². The number of likely N-dealkylation sites (N-methyl/N-ethyl adjacent to an activating group) is 1. The Balaban J connectivity index is 1.79. The molecule has 2 aliphatic rings. The van der Waals surface area contributed by atoms with Crippen molar-refractivity contribution >= 4 is 6.03 Å². The Bertz CT molecular complexity index is 390. The Morgan fingerprint density at radius 1 is 1.26 bits per heavy atom. The SMILES string of the molecule is CCN(CC)[C@@H]1CCN(C(=O)NC[C@H]2CCO[C@@H]2C(C)(C)C)C1.